The first-order chi connectivity index (χ1) is 8.35. The summed E-state index contributed by atoms with van der Waals surface area (Å²) in [5.41, 5.74) is 0.455. The van der Waals surface area contributed by atoms with Crippen molar-refractivity contribution in [3.63, 3.8) is 0 Å². The molecule has 1 heteroatoms. The van der Waals surface area contributed by atoms with Crippen LogP contribution in [0.5, 0.6) is 0 Å². The van der Waals surface area contributed by atoms with Gasteiger partial charge in [-0.25, -0.2) is 0 Å². The van der Waals surface area contributed by atoms with Crippen LogP contribution in [0.1, 0.15) is 79.6 Å². The van der Waals surface area contributed by atoms with Crippen LogP contribution in [-0.2, 0) is 4.74 Å². The summed E-state index contributed by atoms with van der Waals surface area (Å²) in [5.74, 6) is 1.72. The summed E-state index contributed by atoms with van der Waals surface area (Å²) in [4.78, 5) is 0. The van der Waals surface area contributed by atoms with Gasteiger partial charge in [0.15, 0.2) is 0 Å². The van der Waals surface area contributed by atoms with Crippen molar-refractivity contribution in [1.82, 2.24) is 0 Å². The van der Waals surface area contributed by atoms with Gasteiger partial charge in [0.05, 0.1) is 0 Å². The average molecular weight is 256 g/mol. The SMILES string of the molecule is COCC[C@H](CCCCCC(C)C)CC(C)(C)C. The maximum atomic E-state index is 5.25. The molecule has 0 radical (unpaired) electrons. The molecule has 0 aliphatic heterocycles. The van der Waals surface area contributed by atoms with E-state index < -0.39 is 0 Å². The van der Waals surface area contributed by atoms with Gasteiger partial charge in [0.25, 0.3) is 0 Å². The molecule has 110 valence electrons. The van der Waals surface area contributed by atoms with Crippen LogP contribution in [0.15, 0.2) is 0 Å². The fourth-order valence-corrected chi connectivity index (χ4v) is 2.66. The molecule has 18 heavy (non-hydrogen) atoms. The largest absolute Gasteiger partial charge is 0.385 e. The molecule has 0 aromatic rings. The van der Waals surface area contributed by atoms with Gasteiger partial charge in [-0.3, -0.25) is 0 Å². The summed E-state index contributed by atoms with van der Waals surface area (Å²) in [6, 6.07) is 0. The van der Waals surface area contributed by atoms with Crippen molar-refractivity contribution in [1.29, 1.82) is 0 Å². The molecule has 0 spiro atoms. The van der Waals surface area contributed by atoms with E-state index in [2.05, 4.69) is 34.6 Å². The van der Waals surface area contributed by atoms with Gasteiger partial charge in [0, 0.05) is 13.7 Å². The van der Waals surface area contributed by atoms with Crippen LogP contribution in [0.25, 0.3) is 0 Å². The Balaban J connectivity index is 3.79. The van der Waals surface area contributed by atoms with Gasteiger partial charge >= 0.3 is 0 Å². The molecule has 0 bridgehead atoms. The van der Waals surface area contributed by atoms with E-state index in [1.54, 1.807) is 0 Å². The Morgan fingerprint density at radius 1 is 0.889 bits per heavy atom. The molecular formula is C17H36O. The highest BCUT2D eigenvalue weighted by atomic mass is 16.5. The van der Waals surface area contributed by atoms with Crippen LogP contribution < -0.4 is 0 Å². The fraction of sp³-hybridized carbons (Fsp3) is 1.00. The summed E-state index contributed by atoms with van der Waals surface area (Å²) < 4.78 is 5.25. The molecule has 0 saturated carbocycles. The third-order valence-corrected chi connectivity index (χ3v) is 3.53. The molecule has 0 saturated heterocycles. The summed E-state index contributed by atoms with van der Waals surface area (Å²) in [5, 5.41) is 0. The van der Waals surface area contributed by atoms with Crippen molar-refractivity contribution in [2.24, 2.45) is 17.3 Å². The van der Waals surface area contributed by atoms with Crippen molar-refractivity contribution in [2.45, 2.75) is 79.6 Å². The van der Waals surface area contributed by atoms with E-state index in [4.69, 9.17) is 4.74 Å². The first-order valence-electron chi connectivity index (χ1n) is 7.84. The Kier molecular flexibility index (Phi) is 9.81. The molecule has 1 atom stereocenters. The maximum Gasteiger partial charge on any atom is 0.0464 e. The minimum absolute atomic E-state index is 0.455. The number of unbranched alkanes of at least 4 members (excludes halogenated alkanes) is 2. The molecule has 0 N–H and O–H groups in total. The first-order valence-corrected chi connectivity index (χ1v) is 7.84. The molecule has 0 aromatic carbocycles. The average Bonchev–Trinajstić information content (AvgIpc) is 2.22. The Morgan fingerprint density at radius 2 is 1.50 bits per heavy atom. The number of hydrogen-bond donors (Lipinski definition) is 0. The highest BCUT2D eigenvalue weighted by Crippen LogP contribution is 2.29. The number of ether oxygens (including phenoxy) is 1. The summed E-state index contributed by atoms with van der Waals surface area (Å²) in [7, 11) is 1.82. The van der Waals surface area contributed by atoms with Crippen LogP contribution in [0.2, 0.25) is 0 Å². The summed E-state index contributed by atoms with van der Waals surface area (Å²) in [6.45, 7) is 12.6. The molecule has 0 rings (SSSR count). The quantitative estimate of drug-likeness (QED) is 0.457. The lowest BCUT2D eigenvalue weighted by atomic mass is 9.81. The molecule has 0 aliphatic rings. The van der Waals surface area contributed by atoms with Gasteiger partial charge in [-0.2, -0.15) is 0 Å². The number of methoxy groups -OCH3 is 1. The lowest BCUT2D eigenvalue weighted by molar-refractivity contribution is 0.157. The second kappa shape index (κ2) is 9.83. The van der Waals surface area contributed by atoms with Gasteiger partial charge in [0.1, 0.15) is 0 Å². The third kappa shape index (κ3) is 12.4. The molecular weight excluding hydrogens is 220 g/mol. The van der Waals surface area contributed by atoms with Crippen molar-refractivity contribution in [3.8, 4) is 0 Å². The highest BCUT2D eigenvalue weighted by Gasteiger charge is 2.18. The summed E-state index contributed by atoms with van der Waals surface area (Å²) in [6.07, 6.45) is 9.56. The normalized spacial score (nSPS) is 14.2. The van der Waals surface area contributed by atoms with Gasteiger partial charge in [-0.15, -0.1) is 0 Å². The topological polar surface area (TPSA) is 9.23 Å². The van der Waals surface area contributed by atoms with Gasteiger partial charge in [-0.05, 0) is 30.1 Å². The Hall–Kier alpha value is -0.0400. The number of rotatable bonds is 10. The van der Waals surface area contributed by atoms with Crippen LogP contribution in [0.4, 0.5) is 0 Å². The van der Waals surface area contributed by atoms with E-state index in [1.807, 2.05) is 7.11 Å². The molecule has 0 aliphatic carbocycles. The van der Waals surface area contributed by atoms with E-state index in [0.29, 0.717) is 5.41 Å². The molecule has 0 heterocycles. The second-order valence-corrected chi connectivity index (χ2v) is 7.44. The third-order valence-electron chi connectivity index (χ3n) is 3.53. The molecule has 1 nitrogen and oxygen atoms in total. The zero-order valence-corrected chi connectivity index (χ0v) is 13.7. The predicted molar refractivity (Wildman–Crippen MR) is 82.0 cm³/mol. The standard InChI is InChI=1S/C17H36O/c1-15(2)10-8-7-9-11-16(12-13-18-6)14-17(3,4)5/h15-16H,7-14H2,1-6H3/t16-/m0/s1. The fourth-order valence-electron chi connectivity index (χ4n) is 2.66. The molecule has 0 aromatic heterocycles. The smallest absolute Gasteiger partial charge is 0.0464 e. The van der Waals surface area contributed by atoms with E-state index in [1.165, 1.54) is 44.9 Å². The minimum atomic E-state index is 0.455. The Bertz CT molecular complexity index is 179. The van der Waals surface area contributed by atoms with Gasteiger partial charge < -0.3 is 4.74 Å². The summed E-state index contributed by atoms with van der Waals surface area (Å²) >= 11 is 0. The van der Waals surface area contributed by atoms with Crippen LogP contribution >= 0.6 is 0 Å². The van der Waals surface area contributed by atoms with Crippen molar-refractivity contribution < 1.29 is 4.74 Å². The molecule has 0 unspecified atom stereocenters. The number of hydrogen-bond acceptors (Lipinski definition) is 1. The monoisotopic (exact) mass is 256 g/mol. The van der Waals surface area contributed by atoms with Gasteiger partial charge in [-0.1, -0.05) is 66.7 Å². The molecule has 0 fully saturated rings. The molecule has 0 amide bonds. The Labute approximate surface area is 116 Å². The highest BCUT2D eigenvalue weighted by molar-refractivity contribution is 4.69. The lowest BCUT2D eigenvalue weighted by Gasteiger charge is -2.26. The van der Waals surface area contributed by atoms with Crippen LogP contribution in [-0.4, -0.2) is 13.7 Å². The zero-order chi connectivity index (χ0) is 14.0. The van der Waals surface area contributed by atoms with E-state index >= 15 is 0 Å². The van der Waals surface area contributed by atoms with Crippen molar-refractivity contribution in [3.05, 3.63) is 0 Å². The van der Waals surface area contributed by atoms with Crippen LogP contribution in [0.3, 0.4) is 0 Å². The Morgan fingerprint density at radius 3 is 2.00 bits per heavy atom. The van der Waals surface area contributed by atoms with E-state index in [0.717, 1.165) is 18.4 Å². The van der Waals surface area contributed by atoms with Crippen LogP contribution in [0, 0.1) is 17.3 Å². The van der Waals surface area contributed by atoms with Gasteiger partial charge in [0.2, 0.25) is 0 Å². The first kappa shape index (κ1) is 18.0. The maximum absolute atomic E-state index is 5.25. The van der Waals surface area contributed by atoms with Crippen molar-refractivity contribution >= 4 is 0 Å². The predicted octanol–water partition coefficient (Wildman–Crippen LogP) is 5.68. The minimum Gasteiger partial charge on any atom is -0.385 e. The van der Waals surface area contributed by atoms with Crippen molar-refractivity contribution in [2.75, 3.05) is 13.7 Å². The van der Waals surface area contributed by atoms with E-state index in [-0.39, 0.29) is 0 Å². The van der Waals surface area contributed by atoms with E-state index in [9.17, 15) is 0 Å². The second-order valence-electron chi connectivity index (χ2n) is 7.44. The lowest BCUT2D eigenvalue weighted by Crippen LogP contribution is -2.15. The zero-order valence-electron chi connectivity index (χ0n) is 13.7.